The summed E-state index contributed by atoms with van der Waals surface area (Å²) < 4.78 is 24.0. The van der Waals surface area contributed by atoms with Crippen molar-refractivity contribution in [1.82, 2.24) is 9.97 Å². The third-order valence-electron chi connectivity index (χ3n) is 2.95. The molecule has 3 N–H and O–H groups in total. The summed E-state index contributed by atoms with van der Waals surface area (Å²) >= 11 is 0. The van der Waals surface area contributed by atoms with Crippen LogP contribution in [0.2, 0.25) is 0 Å². The van der Waals surface area contributed by atoms with Crippen LogP contribution in [-0.2, 0) is 11.3 Å². The fourth-order valence-electron chi connectivity index (χ4n) is 1.84. The molecule has 0 saturated carbocycles. The Morgan fingerprint density at radius 1 is 1.23 bits per heavy atom. The van der Waals surface area contributed by atoms with E-state index >= 15 is 0 Å². The second-order valence-electron chi connectivity index (χ2n) is 4.62. The van der Waals surface area contributed by atoms with Crippen LogP contribution in [0.5, 0.6) is 5.88 Å². The average Bonchev–Trinajstić information content (AvgIpc) is 2.50. The highest BCUT2D eigenvalue weighted by Gasteiger charge is 2.12. The Kier molecular flexibility index (Phi) is 5.48. The largest absolute Gasteiger partial charge is 0.474 e. The van der Waals surface area contributed by atoms with Gasteiger partial charge < -0.3 is 20.5 Å². The molecule has 0 bridgehead atoms. The minimum atomic E-state index is -0.282. The Morgan fingerprint density at radius 2 is 2.00 bits per heavy atom. The third-order valence-corrected chi connectivity index (χ3v) is 2.95. The molecular formula is C15H19FN4O2. The first kappa shape index (κ1) is 16.0. The number of nitrogens with zero attached hydrogens (tertiary/aromatic N) is 2. The molecule has 0 aliphatic carbocycles. The standard InChI is InChI=1S/C15H19FN4O2/c1-10-19-14(13(17)15(20-10)22-8-7-21-2)18-9-11-5-3-4-6-12(11)16/h3-6H,7-9,17H2,1-2H3,(H,18,19,20). The van der Waals surface area contributed by atoms with E-state index in [1.165, 1.54) is 6.07 Å². The number of nitrogens with two attached hydrogens (primary N) is 1. The lowest BCUT2D eigenvalue weighted by Crippen LogP contribution is -2.12. The van der Waals surface area contributed by atoms with Crippen molar-refractivity contribution >= 4 is 11.5 Å². The molecule has 0 aliphatic heterocycles. The zero-order valence-corrected chi connectivity index (χ0v) is 12.6. The maximum Gasteiger partial charge on any atom is 0.242 e. The van der Waals surface area contributed by atoms with Crippen molar-refractivity contribution < 1.29 is 13.9 Å². The molecule has 2 aromatic rings. The molecule has 1 aromatic heterocycles. The Labute approximate surface area is 128 Å². The van der Waals surface area contributed by atoms with E-state index in [4.69, 9.17) is 15.2 Å². The van der Waals surface area contributed by atoms with Gasteiger partial charge >= 0.3 is 0 Å². The fourth-order valence-corrected chi connectivity index (χ4v) is 1.84. The molecule has 0 amide bonds. The molecule has 0 unspecified atom stereocenters. The first-order chi connectivity index (χ1) is 10.6. The number of hydrogen-bond acceptors (Lipinski definition) is 6. The molecule has 118 valence electrons. The molecule has 1 heterocycles. The van der Waals surface area contributed by atoms with Crippen molar-refractivity contribution in [3.8, 4) is 5.88 Å². The van der Waals surface area contributed by atoms with Crippen molar-refractivity contribution in [1.29, 1.82) is 0 Å². The zero-order valence-electron chi connectivity index (χ0n) is 12.6. The van der Waals surface area contributed by atoms with Gasteiger partial charge in [-0.2, -0.15) is 4.98 Å². The predicted molar refractivity (Wildman–Crippen MR) is 82.3 cm³/mol. The maximum atomic E-state index is 13.6. The lowest BCUT2D eigenvalue weighted by Gasteiger charge is -2.13. The van der Waals surface area contributed by atoms with E-state index < -0.39 is 0 Å². The van der Waals surface area contributed by atoms with E-state index in [0.717, 1.165) is 0 Å². The van der Waals surface area contributed by atoms with E-state index in [0.29, 0.717) is 36.3 Å². The summed E-state index contributed by atoms with van der Waals surface area (Å²) in [5.41, 5.74) is 6.81. The quantitative estimate of drug-likeness (QED) is 0.763. The lowest BCUT2D eigenvalue weighted by molar-refractivity contribution is 0.144. The highest BCUT2D eigenvalue weighted by Crippen LogP contribution is 2.26. The summed E-state index contributed by atoms with van der Waals surface area (Å²) in [7, 11) is 1.58. The van der Waals surface area contributed by atoms with Gasteiger partial charge in [-0.3, -0.25) is 0 Å². The topological polar surface area (TPSA) is 82.3 Å². The van der Waals surface area contributed by atoms with Crippen LogP contribution in [0.3, 0.4) is 0 Å². The highest BCUT2D eigenvalue weighted by molar-refractivity contribution is 5.67. The summed E-state index contributed by atoms with van der Waals surface area (Å²) in [6.07, 6.45) is 0. The molecule has 6 nitrogen and oxygen atoms in total. The number of aromatic nitrogens is 2. The Balaban J connectivity index is 2.11. The molecule has 0 radical (unpaired) electrons. The highest BCUT2D eigenvalue weighted by atomic mass is 19.1. The van der Waals surface area contributed by atoms with Crippen LogP contribution in [0.25, 0.3) is 0 Å². The van der Waals surface area contributed by atoms with Gasteiger partial charge in [-0.05, 0) is 13.0 Å². The van der Waals surface area contributed by atoms with Crippen molar-refractivity contribution in [2.75, 3.05) is 31.4 Å². The van der Waals surface area contributed by atoms with E-state index in [2.05, 4.69) is 15.3 Å². The minimum Gasteiger partial charge on any atom is -0.474 e. The number of anilines is 2. The maximum absolute atomic E-state index is 13.6. The normalized spacial score (nSPS) is 10.5. The van der Waals surface area contributed by atoms with Crippen molar-refractivity contribution in [3.63, 3.8) is 0 Å². The number of benzene rings is 1. The van der Waals surface area contributed by atoms with Crippen LogP contribution in [0.1, 0.15) is 11.4 Å². The summed E-state index contributed by atoms with van der Waals surface area (Å²) in [5.74, 6) is 0.942. The number of halogens is 1. The first-order valence-electron chi connectivity index (χ1n) is 6.85. The fraction of sp³-hybridized carbons (Fsp3) is 0.333. The smallest absolute Gasteiger partial charge is 0.242 e. The van der Waals surface area contributed by atoms with Crippen LogP contribution in [0.4, 0.5) is 15.9 Å². The number of hydrogen-bond donors (Lipinski definition) is 2. The summed E-state index contributed by atoms with van der Waals surface area (Å²) in [6, 6.07) is 6.52. The molecule has 0 atom stereocenters. The van der Waals surface area contributed by atoms with Crippen molar-refractivity contribution in [3.05, 3.63) is 41.5 Å². The van der Waals surface area contributed by atoms with Crippen molar-refractivity contribution in [2.24, 2.45) is 0 Å². The van der Waals surface area contributed by atoms with Crippen LogP contribution < -0.4 is 15.8 Å². The minimum absolute atomic E-state index is 0.269. The molecule has 0 spiro atoms. The van der Waals surface area contributed by atoms with Gasteiger partial charge in [0, 0.05) is 19.2 Å². The van der Waals surface area contributed by atoms with Gasteiger partial charge in [-0.25, -0.2) is 9.37 Å². The van der Waals surface area contributed by atoms with Crippen LogP contribution >= 0.6 is 0 Å². The second kappa shape index (κ2) is 7.56. The predicted octanol–water partition coefficient (Wildman–Crippen LogP) is 2.14. The SMILES string of the molecule is COCCOc1nc(C)nc(NCc2ccccc2F)c1N. The monoisotopic (exact) mass is 306 g/mol. The summed E-state index contributed by atoms with van der Waals surface area (Å²) in [4.78, 5) is 8.38. The number of rotatable bonds is 7. The second-order valence-corrected chi connectivity index (χ2v) is 4.62. The van der Waals surface area contributed by atoms with Gasteiger partial charge in [0.1, 0.15) is 23.9 Å². The third kappa shape index (κ3) is 4.05. The first-order valence-corrected chi connectivity index (χ1v) is 6.85. The molecular weight excluding hydrogens is 287 g/mol. The number of nitrogens with one attached hydrogen (secondary N) is 1. The Morgan fingerprint density at radius 3 is 2.73 bits per heavy atom. The molecule has 1 aromatic carbocycles. The lowest BCUT2D eigenvalue weighted by atomic mass is 10.2. The van der Waals surface area contributed by atoms with Crippen LogP contribution in [0, 0.1) is 12.7 Å². The molecule has 0 fully saturated rings. The summed E-state index contributed by atoms with van der Waals surface area (Å²) in [5, 5.41) is 3.01. The van der Waals surface area contributed by atoms with Gasteiger partial charge in [0.2, 0.25) is 5.88 Å². The molecule has 0 aliphatic rings. The Hall–Kier alpha value is -2.41. The van der Waals surface area contributed by atoms with Gasteiger partial charge in [-0.1, -0.05) is 18.2 Å². The van der Waals surface area contributed by atoms with E-state index in [9.17, 15) is 4.39 Å². The van der Waals surface area contributed by atoms with E-state index in [-0.39, 0.29) is 18.0 Å². The van der Waals surface area contributed by atoms with Gasteiger partial charge in [0.25, 0.3) is 0 Å². The molecule has 0 saturated heterocycles. The zero-order chi connectivity index (χ0) is 15.9. The van der Waals surface area contributed by atoms with Crippen molar-refractivity contribution in [2.45, 2.75) is 13.5 Å². The molecule has 7 heteroatoms. The van der Waals surface area contributed by atoms with Crippen LogP contribution in [-0.4, -0.2) is 30.3 Å². The number of nitrogen functional groups attached to an aromatic ring is 1. The number of ether oxygens (including phenoxy) is 2. The summed E-state index contributed by atoms with van der Waals surface area (Å²) in [6.45, 7) is 2.77. The van der Waals surface area contributed by atoms with Gasteiger partial charge in [0.05, 0.1) is 6.61 Å². The van der Waals surface area contributed by atoms with E-state index in [1.54, 1.807) is 32.2 Å². The average molecular weight is 306 g/mol. The number of aryl methyl sites for hydroxylation is 1. The van der Waals surface area contributed by atoms with Gasteiger partial charge in [-0.15, -0.1) is 0 Å². The number of methoxy groups -OCH3 is 1. The van der Waals surface area contributed by atoms with Crippen LogP contribution in [0.15, 0.2) is 24.3 Å². The van der Waals surface area contributed by atoms with Gasteiger partial charge in [0.15, 0.2) is 5.82 Å². The Bertz CT molecular complexity index is 637. The molecule has 22 heavy (non-hydrogen) atoms. The van der Waals surface area contributed by atoms with E-state index in [1.807, 2.05) is 0 Å². The molecule has 2 rings (SSSR count).